The molecular weight excluding hydrogens is 244 g/mol. The first-order valence-corrected chi connectivity index (χ1v) is 7.08. The van der Waals surface area contributed by atoms with E-state index < -0.39 is 5.97 Å². The van der Waals surface area contributed by atoms with E-state index in [1.54, 1.807) is 0 Å². The Labute approximate surface area is 115 Å². The highest BCUT2D eigenvalue weighted by Crippen LogP contribution is 2.29. The average Bonchev–Trinajstić information content (AvgIpc) is 2.36. The lowest BCUT2D eigenvalue weighted by molar-refractivity contribution is -0.144. The summed E-state index contributed by atoms with van der Waals surface area (Å²) in [5.41, 5.74) is 0. The van der Waals surface area contributed by atoms with E-state index in [1.165, 1.54) is 0 Å². The molecule has 1 atom stereocenters. The van der Waals surface area contributed by atoms with Crippen LogP contribution in [-0.2, 0) is 9.59 Å². The van der Waals surface area contributed by atoms with Gasteiger partial charge < -0.3 is 15.3 Å². The van der Waals surface area contributed by atoms with E-state index in [0.29, 0.717) is 25.7 Å². The van der Waals surface area contributed by atoms with Gasteiger partial charge in [-0.15, -0.1) is 0 Å². The van der Waals surface area contributed by atoms with Crippen LogP contribution in [0.25, 0.3) is 0 Å². The molecule has 0 saturated heterocycles. The van der Waals surface area contributed by atoms with E-state index in [1.807, 2.05) is 21.0 Å². The number of nitrogens with one attached hydrogen (secondary N) is 1. The van der Waals surface area contributed by atoms with Gasteiger partial charge in [0.25, 0.3) is 0 Å². The van der Waals surface area contributed by atoms with Crippen LogP contribution < -0.4 is 5.32 Å². The average molecular weight is 270 g/mol. The van der Waals surface area contributed by atoms with E-state index in [0.717, 1.165) is 13.0 Å². The number of carbonyl (C=O) groups is 2. The zero-order valence-electron chi connectivity index (χ0n) is 12.2. The van der Waals surface area contributed by atoms with E-state index in [2.05, 4.69) is 10.2 Å². The number of nitrogens with zero attached hydrogens (tertiary/aromatic N) is 1. The second kappa shape index (κ2) is 7.48. The van der Waals surface area contributed by atoms with Crippen LogP contribution in [0.15, 0.2) is 0 Å². The zero-order valence-corrected chi connectivity index (χ0v) is 12.2. The van der Waals surface area contributed by atoms with Gasteiger partial charge in [0.15, 0.2) is 0 Å². The minimum absolute atomic E-state index is 0.00240. The molecule has 1 unspecified atom stereocenters. The van der Waals surface area contributed by atoms with Crippen molar-refractivity contribution in [2.24, 2.45) is 11.8 Å². The Hall–Kier alpha value is -1.10. The summed E-state index contributed by atoms with van der Waals surface area (Å²) in [7, 11) is 4.03. The molecule has 0 aromatic carbocycles. The lowest BCUT2D eigenvalue weighted by Gasteiger charge is -2.26. The molecular formula is C14H26N2O3. The first-order valence-electron chi connectivity index (χ1n) is 7.08. The Balaban J connectivity index is 2.29. The van der Waals surface area contributed by atoms with Crippen molar-refractivity contribution in [1.82, 2.24) is 10.2 Å². The summed E-state index contributed by atoms with van der Waals surface area (Å²) < 4.78 is 0. The highest BCUT2D eigenvalue weighted by Gasteiger charge is 2.29. The Bertz CT molecular complexity index is 310. The maximum absolute atomic E-state index is 12.1. The fourth-order valence-electron chi connectivity index (χ4n) is 2.49. The van der Waals surface area contributed by atoms with Crippen molar-refractivity contribution in [3.05, 3.63) is 0 Å². The molecule has 5 nitrogen and oxygen atoms in total. The number of carboxylic acid groups (broad SMARTS) is 1. The summed E-state index contributed by atoms with van der Waals surface area (Å²) in [5, 5.41) is 12.0. The van der Waals surface area contributed by atoms with Crippen LogP contribution in [-0.4, -0.2) is 48.6 Å². The third-order valence-electron chi connectivity index (χ3n) is 3.85. The Morgan fingerprint density at radius 3 is 2.21 bits per heavy atom. The minimum atomic E-state index is -0.724. The molecule has 0 spiro atoms. The van der Waals surface area contributed by atoms with E-state index in [9.17, 15) is 9.59 Å². The van der Waals surface area contributed by atoms with Gasteiger partial charge in [-0.05, 0) is 59.7 Å². The number of rotatable bonds is 6. The summed E-state index contributed by atoms with van der Waals surface area (Å²) in [6, 6.07) is 0.173. The first-order chi connectivity index (χ1) is 8.90. The Kier molecular flexibility index (Phi) is 6.28. The summed E-state index contributed by atoms with van der Waals surface area (Å²) in [4.78, 5) is 25.0. The maximum Gasteiger partial charge on any atom is 0.306 e. The molecule has 0 radical (unpaired) electrons. The smallest absolute Gasteiger partial charge is 0.306 e. The third-order valence-corrected chi connectivity index (χ3v) is 3.85. The SMILES string of the molecule is CC(CCN(C)C)NC(=O)C1CCC(C(=O)O)CC1. The number of hydrogen-bond donors (Lipinski definition) is 2. The molecule has 1 saturated carbocycles. The van der Waals surface area contributed by atoms with E-state index >= 15 is 0 Å². The monoisotopic (exact) mass is 270 g/mol. The van der Waals surface area contributed by atoms with Gasteiger partial charge in [-0.2, -0.15) is 0 Å². The zero-order chi connectivity index (χ0) is 14.4. The molecule has 1 amide bonds. The number of aliphatic carboxylic acids is 1. The van der Waals surface area contributed by atoms with Gasteiger partial charge in [-0.1, -0.05) is 0 Å². The van der Waals surface area contributed by atoms with Crippen molar-refractivity contribution < 1.29 is 14.7 Å². The maximum atomic E-state index is 12.1. The molecule has 0 bridgehead atoms. The van der Waals surface area contributed by atoms with Crippen LogP contribution in [0.3, 0.4) is 0 Å². The molecule has 0 aliphatic heterocycles. The molecule has 1 aliphatic rings. The predicted octanol–water partition coefficient (Wildman–Crippen LogP) is 1.33. The summed E-state index contributed by atoms with van der Waals surface area (Å²) in [6.45, 7) is 2.97. The second-order valence-electron chi connectivity index (χ2n) is 5.89. The van der Waals surface area contributed by atoms with Crippen molar-refractivity contribution in [2.75, 3.05) is 20.6 Å². The fraction of sp³-hybridized carbons (Fsp3) is 0.857. The highest BCUT2D eigenvalue weighted by atomic mass is 16.4. The minimum Gasteiger partial charge on any atom is -0.481 e. The number of amides is 1. The Morgan fingerprint density at radius 2 is 1.74 bits per heavy atom. The van der Waals surface area contributed by atoms with E-state index in [4.69, 9.17) is 5.11 Å². The molecule has 0 aromatic heterocycles. The second-order valence-corrected chi connectivity index (χ2v) is 5.89. The van der Waals surface area contributed by atoms with Gasteiger partial charge in [-0.3, -0.25) is 9.59 Å². The van der Waals surface area contributed by atoms with Gasteiger partial charge in [0.05, 0.1) is 5.92 Å². The molecule has 1 aliphatic carbocycles. The van der Waals surface area contributed by atoms with Crippen molar-refractivity contribution in [3.63, 3.8) is 0 Å². The van der Waals surface area contributed by atoms with Gasteiger partial charge >= 0.3 is 5.97 Å². The molecule has 1 fully saturated rings. The van der Waals surface area contributed by atoms with Crippen molar-refractivity contribution in [1.29, 1.82) is 0 Å². The molecule has 0 heterocycles. The highest BCUT2D eigenvalue weighted by molar-refractivity contribution is 5.79. The predicted molar refractivity (Wildman–Crippen MR) is 73.9 cm³/mol. The van der Waals surface area contributed by atoms with Gasteiger partial charge in [-0.25, -0.2) is 0 Å². The van der Waals surface area contributed by atoms with Crippen molar-refractivity contribution >= 4 is 11.9 Å². The number of hydrogen-bond acceptors (Lipinski definition) is 3. The van der Waals surface area contributed by atoms with Gasteiger partial charge in [0.1, 0.15) is 0 Å². The van der Waals surface area contributed by atoms with E-state index in [-0.39, 0.29) is 23.8 Å². The van der Waals surface area contributed by atoms with Gasteiger partial charge in [0, 0.05) is 12.0 Å². The van der Waals surface area contributed by atoms with Crippen LogP contribution >= 0.6 is 0 Å². The van der Waals surface area contributed by atoms with Crippen LogP contribution in [0.5, 0.6) is 0 Å². The normalized spacial score (nSPS) is 25.1. The van der Waals surface area contributed by atoms with Crippen LogP contribution in [0.2, 0.25) is 0 Å². The number of carboxylic acids is 1. The molecule has 1 rings (SSSR count). The standard InChI is InChI=1S/C14H26N2O3/c1-10(8-9-16(2)3)15-13(17)11-4-6-12(7-5-11)14(18)19/h10-12H,4-9H2,1-3H3,(H,15,17)(H,18,19). The Morgan fingerprint density at radius 1 is 1.21 bits per heavy atom. The van der Waals surface area contributed by atoms with Crippen LogP contribution in [0.4, 0.5) is 0 Å². The lowest BCUT2D eigenvalue weighted by Crippen LogP contribution is -2.40. The fourth-order valence-corrected chi connectivity index (χ4v) is 2.49. The number of carbonyl (C=O) groups excluding carboxylic acids is 1. The molecule has 5 heteroatoms. The topological polar surface area (TPSA) is 69.6 Å². The summed E-state index contributed by atoms with van der Waals surface area (Å²) >= 11 is 0. The quantitative estimate of drug-likeness (QED) is 0.764. The van der Waals surface area contributed by atoms with Crippen molar-refractivity contribution in [3.8, 4) is 0 Å². The molecule has 110 valence electrons. The summed E-state index contributed by atoms with van der Waals surface area (Å²) in [6.07, 6.45) is 3.58. The van der Waals surface area contributed by atoms with Crippen molar-refractivity contribution in [2.45, 2.75) is 45.1 Å². The molecule has 2 N–H and O–H groups in total. The molecule has 0 aromatic rings. The summed E-state index contributed by atoms with van der Waals surface area (Å²) in [5.74, 6) is -0.888. The lowest BCUT2D eigenvalue weighted by atomic mass is 9.81. The van der Waals surface area contributed by atoms with Crippen LogP contribution in [0, 0.1) is 11.8 Å². The first kappa shape index (κ1) is 16.0. The molecule has 19 heavy (non-hydrogen) atoms. The third kappa shape index (κ3) is 5.59. The van der Waals surface area contributed by atoms with Gasteiger partial charge in [0.2, 0.25) is 5.91 Å². The van der Waals surface area contributed by atoms with Crippen LogP contribution in [0.1, 0.15) is 39.0 Å². The largest absolute Gasteiger partial charge is 0.481 e.